The van der Waals surface area contributed by atoms with Gasteiger partial charge in [0, 0.05) is 16.3 Å². The second-order valence-corrected chi connectivity index (χ2v) is 5.34. The van der Waals surface area contributed by atoms with Gasteiger partial charge in [0.2, 0.25) is 0 Å². The predicted molar refractivity (Wildman–Crippen MR) is 69.6 cm³/mol. The fourth-order valence-corrected chi connectivity index (χ4v) is 2.97. The van der Waals surface area contributed by atoms with Gasteiger partial charge in [0.05, 0.1) is 0 Å². The highest BCUT2D eigenvalue weighted by molar-refractivity contribution is 7.99. The van der Waals surface area contributed by atoms with E-state index in [4.69, 9.17) is 5.73 Å². The van der Waals surface area contributed by atoms with Crippen LogP contribution in [-0.2, 0) is 6.42 Å². The molecule has 0 saturated carbocycles. The lowest BCUT2D eigenvalue weighted by atomic mass is 10.3. The maximum Gasteiger partial charge on any atom is 0.138 e. The Bertz CT molecular complexity index is 454. The third-order valence-electron chi connectivity index (χ3n) is 2.18. The van der Waals surface area contributed by atoms with Crippen LogP contribution < -0.4 is 5.73 Å². The minimum Gasteiger partial charge on any atom is -0.399 e. The highest BCUT2D eigenvalue weighted by Crippen LogP contribution is 2.24. The molecular weight excluding hydrogens is 241 g/mol. The Morgan fingerprint density at radius 3 is 2.88 bits per heavy atom. The molecule has 0 aliphatic carbocycles. The topological polar surface area (TPSA) is 26.0 Å². The monoisotopic (exact) mass is 253 g/mol. The molecule has 0 unspecified atom stereocenters. The molecule has 0 atom stereocenters. The van der Waals surface area contributed by atoms with E-state index in [9.17, 15) is 4.39 Å². The van der Waals surface area contributed by atoms with Crippen molar-refractivity contribution in [3.63, 3.8) is 0 Å². The summed E-state index contributed by atoms with van der Waals surface area (Å²) < 4.78 is 13.4. The SMILES string of the molecule is Nc1ccc(SCCc2ccsc2)c(F)c1. The first-order valence-electron chi connectivity index (χ1n) is 4.94. The Morgan fingerprint density at radius 2 is 2.19 bits per heavy atom. The summed E-state index contributed by atoms with van der Waals surface area (Å²) in [4.78, 5) is 0.671. The van der Waals surface area contributed by atoms with Gasteiger partial charge in [0.25, 0.3) is 0 Å². The summed E-state index contributed by atoms with van der Waals surface area (Å²) in [5.41, 5.74) is 7.27. The molecule has 0 aliphatic heterocycles. The van der Waals surface area contributed by atoms with Gasteiger partial charge < -0.3 is 5.73 Å². The molecule has 1 nitrogen and oxygen atoms in total. The van der Waals surface area contributed by atoms with Crippen LogP contribution in [0.15, 0.2) is 39.9 Å². The number of nitrogen functional groups attached to an aromatic ring is 1. The fourth-order valence-electron chi connectivity index (χ4n) is 1.35. The van der Waals surface area contributed by atoms with Crippen molar-refractivity contribution in [3.8, 4) is 0 Å². The van der Waals surface area contributed by atoms with Crippen molar-refractivity contribution in [2.24, 2.45) is 0 Å². The number of anilines is 1. The van der Waals surface area contributed by atoms with E-state index in [0.29, 0.717) is 10.6 Å². The first-order valence-corrected chi connectivity index (χ1v) is 6.87. The fraction of sp³-hybridized carbons (Fsp3) is 0.167. The Morgan fingerprint density at radius 1 is 1.31 bits per heavy atom. The van der Waals surface area contributed by atoms with Gasteiger partial charge in [-0.2, -0.15) is 11.3 Å². The van der Waals surface area contributed by atoms with E-state index in [1.807, 2.05) is 0 Å². The zero-order chi connectivity index (χ0) is 11.4. The van der Waals surface area contributed by atoms with Crippen LogP contribution in [0.1, 0.15) is 5.56 Å². The number of thioether (sulfide) groups is 1. The quantitative estimate of drug-likeness (QED) is 0.662. The Hall–Kier alpha value is -1.00. The van der Waals surface area contributed by atoms with E-state index in [1.165, 1.54) is 23.4 Å². The van der Waals surface area contributed by atoms with Crippen molar-refractivity contribution >= 4 is 28.8 Å². The Balaban J connectivity index is 1.90. The summed E-state index contributed by atoms with van der Waals surface area (Å²) in [5, 5.41) is 4.18. The minimum atomic E-state index is -0.227. The van der Waals surface area contributed by atoms with Crippen LogP contribution in [0, 0.1) is 5.82 Å². The molecule has 1 heterocycles. The summed E-state index contributed by atoms with van der Waals surface area (Å²) in [6, 6.07) is 6.94. The van der Waals surface area contributed by atoms with Gasteiger partial charge in [-0.05, 0) is 47.0 Å². The summed E-state index contributed by atoms with van der Waals surface area (Å²) in [6.45, 7) is 0. The maximum atomic E-state index is 13.4. The second-order valence-electron chi connectivity index (χ2n) is 3.42. The van der Waals surface area contributed by atoms with E-state index < -0.39 is 0 Å². The van der Waals surface area contributed by atoms with Crippen LogP contribution in [0.25, 0.3) is 0 Å². The molecule has 0 aliphatic rings. The average molecular weight is 253 g/mol. The lowest BCUT2D eigenvalue weighted by Gasteiger charge is -2.03. The summed E-state index contributed by atoms with van der Waals surface area (Å²) >= 11 is 3.22. The molecule has 1 aromatic carbocycles. The molecule has 0 radical (unpaired) electrons. The van der Waals surface area contributed by atoms with Crippen molar-refractivity contribution in [2.75, 3.05) is 11.5 Å². The van der Waals surface area contributed by atoms with Crippen LogP contribution in [0.2, 0.25) is 0 Å². The zero-order valence-corrected chi connectivity index (χ0v) is 10.3. The third-order valence-corrected chi connectivity index (χ3v) is 3.97. The van der Waals surface area contributed by atoms with E-state index in [2.05, 4.69) is 16.8 Å². The molecular formula is C12H12FNS2. The van der Waals surface area contributed by atoms with Crippen molar-refractivity contribution in [1.82, 2.24) is 0 Å². The largest absolute Gasteiger partial charge is 0.399 e. The van der Waals surface area contributed by atoms with Crippen molar-refractivity contribution in [3.05, 3.63) is 46.4 Å². The van der Waals surface area contributed by atoms with Gasteiger partial charge in [-0.15, -0.1) is 11.8 Å². The van der Waals surface area contributed by atoms with Crippen molar-refractivity contribution in [1.29, 1.82) is 0 Å². The van der Waals surface area contributed by atoms with Gasteiger partial charge in [-0.3, -0.25) is 0 Å². The molecule has 0 bridgehead atoms. The Kier molecular flexibility index (Phi) is 3.85. The van der Waals surface area contributed by atoms with Crippen LogP contribution in [0.5, 0.6) is 0 Å². The highest BCUT2D eigenvalue weighted by atomic mass is 32.2. The van der Waals surface area contributed by atoms with Gasteiger partial charge >= 0.3 is 0 Å². The number of nitrogens with two attached hydrogens (primary N) is 1. The van der Waals surface area contributed by atoms with E-state index in [0.717, 1.165) is 12.2 Å². The van der Waals surface area contributed by atoms with Crippen molar-refractivity contribution in [2.45, 2.75) is 11.3 Å². The molecule has 4 heteroatoms. The Labute approximate surface area is 102 Å². The van der Waals surface area contributed by atoms with E-state index in [-0.39, 0.29) is 5.82 Å². The summed E-state index contributed by atoms with van der Waals surface area (Å²) in [7, 11) is 0. The predicted octanol–water partition coefficient (Wildman–Crippen LogP) is 3.80. The lowest BCUT2D eigenvalue weighted by Crippen LogP contribution is -1.90. The lowest BCUT2D eigenvalue weighted by molar-refractivity contribution is 0.603. The number of rotatable bonds is 4. The molecule has 0 saturated heterocycles. The maximum absolute atomic E-state index is 13.4. The number of halogens is 1. The molecule has 84 valence electrons. The van der Waals surface area contributed by atoms with Crippen LogP contribution in [0.4, 0.5) is 10.1 Å². The number of hydrogen-bond donors (Lipinski definition) is 1. The second kappa shape index (κ2) is 5.37. The van der Waals surface area contributed by atoms with Crippen molar-refractivity contribution < 1.29 is 4.39 Å². The number of hydrogen-bond acceptors (Lipinski definition) is 3. The molecule has 0 fully saturated rings. The minimum absolute atomic E-state index is 0.227. The average Bonchev–Trinajstić information content (AvgIpc) is 2.74. The molecule has 2 N–H and O–H groups in total. The zero-order valence-electron chi connectivity index (χ0n) is 8.65. The third kappa shape index (κ3) is 3.00. The van der Waals surface area contributed by atoms with E-state index in [1.54, 1.807) is 23.5 Å². The van der Waals surface area contributed by atoms with Gasteiger partial charge in [0.1, 0.15) is 5.82 Å². The van der Waals surface area contributed by atoms with E-state index >= 15 is 0 Å². The van der Waals surface area contributed by atoms with Gasteiger partial charge in [-0.1, -0.05) is 0 Å². The van der Waals surface area contributed by atoms with Gasteiger partial charge in [0.15, 0.2) is 0 Å². The van der Waals surface area contributed by atoms with Crippen LogP contribution >= 0.6 is 23.1 Å². The van der Waals surface area contributed by atoms with Crippen LogP contribution in [-0.4, -0.2) is 5.75 Å². The molecule has 2 aromatic rings. The highest BCUT2D eigenvalue weighted by Gasteiger charge is 2.03. The number of thiophene rings is 1. The first-order chi connectivity index (χ1) is 7.75. The molecule has 0 spiro atoms. The number of benzene rings is 1. The smallest absolute Gasteiger partial charge is 0.138 e. The molecule has 2 rings (SSSR count). The molecule has 1 aromatic heterocycles. The standard InChI is InChI=1S/C12H12FNS2/c13-11-7-10(14)1-2-12(11)16-6-4-9-3-5-15-8-9/h1-3,5,7-8H,4,6,14H2. The molecule has 16 heavy (non-hydrogen) atoms. The summed E-state index contributed by atoms with van der Waals surface area (Å²) in [5.74, 6) is 0.660. The van der Waals surface area contributed by atoms with Crippen LogP contribution in [0.3, 0.4) is 0 Å². The first kappa shape index (κ1) is 11.5. The summed E-state index contributed by atoms with van der Waals surface area (Å²) in [6.07, 6.45) is 0.970. The normalized spacial score (nSPS) is 10.6. The molecule has 0 amide bonds. The van der Waals surface area contributed by atoms with Gasteiger partial charge in [-0.25, -0.2) is 4.39 Å². The number of aryl methyl sites for hydroxylation is 1.